The molecule has 1 aliphatic carbocycles. The first kappa shape index (κ1) is 17.3. The number of methoxy groups -OCH3 is 1. The standard InChI is InChI=1S/C19H18F3NO2/c1-25-15-8-2-12(3-9-15)11-23-18(24)17-10-16(17)13-4-6-14(7-5-13)19(20,21)22/h2-9,16-17H,10-11H2,1H3,(H,23,24). The van der Waals surface area contributed by atoms with Gasteiger partial charge in [0.15, 0.2) is 0 Å². The molecule has 2 atom stereocenters. The summed E-state index contributed by atoms with van der Waals surface area (Å²) in [6.07, 6.45) is -3.67. The molecule has 1 saturated carbocycles. The second-order valence-corrected chi connectivity index (χ2v) is 6.13. The number of carbonyl (C=O) groups is 1. The molecule has 6 heteroatoms. The van der Waals surface area contributed by atoms with E-state index in [1.165, 1.54) is 12.1 Å². The van der Waals surface area contributed by atoms with Gasteiger partial charge in [0.25, 0.3) is 0 Å². The molecule has 2 aromatic carbocycles. The fourth-order valence-electron chi connectivity index (χ4n) is 2.84. The lowest BCUT2D eigenvalue weighted by Gasteiger charge is -2.08. The molecule has 2 aromatic rings. The van der Waals surface area contributed by atoms with Gasteiger partial charge in [-0.15, -0.1) is 0 Å². The third kappa shape index (κ3) is 4.13. The Kier molecular flexibility index (Phi) is 4.70. The molecule has 1 aliphatic rings. The summed E-state index contributed by atoms with van der Waals surface area (Å²) in [6.45, 7) is 0.416. The number of halogens is 3. The van der Waals surface area contributed by atoms with Crippen molar-refractivity contribution in [1.29, 1.82) is 0 Å². The summed E-state index contributed by atoms with van der Waals surface area (Å²) in [5.74, 6) is 0.508. The highest BCUT2D eigenvalue weighted by Crippen LogP contribution is 2.48. The molecule has 0 aromatic heterocycles. The number of amides is 1. The number of alkyl halides is 3. The van der Waals surface area contributed by atoms with Gasteiger partial charge in [0, 0.05) is 12.5 Å². The number of carbonyl (C=O) groups excluding carboxylic acids is 1. The molecule has 2 unspecified atom stereocenters. The van der Waals surface area contributed by atoms with Crippen LogP contribution in [0.3, 0.4) is 0 Å². The number of nitrogens with one attached hydrogen (secondary N) is 1. The van der Waals surface area contributed by atoms with Gasteiger partial charge in [0.2, 0.25) is 5.91 Å². The van der Waals surface area contributed by atoms with E-state index in [1.54, 1.807) is 7.11 Å². The average Bonchev–Trinajstić information content (AvgIpc) is 3.40. The summed E-state index contributed by atoms with van der Waals surface area (Å²) < 4.78 is 42.8. The molecule has 0 bridgehead atoms. The Morgan fingerprint density at radius 2 is 1.76 bits per heavy atom. The Balaban J connectivity index is 1.53. The normalized spacial score (nSPS) is 19.4. The van der Waals surface area contributed by atoms with E-state index in [2.05, 4.69) is 5.32 Å². The molecule has 0 spiro atoms. The molecule has 3 nitrogen and oxygen atoms in total. The van der Waals surface area contributed by atoms with Crippen molar-refractivity contribution in [1.82, 2.24) is 5.32 Å². The van der Waals surface area contributed by atoms with Crippen molar-refractivity contribution in [2.45, 2.75) is 25.1 Å². The van der Waals surface area contributed by atoms with Crippen LogP contribution in [0, 0.1) is 5.92 Å². The van der Waals surface area contributed by atoms with Crippen molar-refractivity contribution < 1.29 is 22.7 Å². The molecule has 0 saturated heterocycles. The van der Waals surface area contributed by atoms with Crippen LogP contribution in [0.5, 0.6) is 5.75 Å². The molecular formula is C19H18F3NO2. The smallest absolute Gasteiger partial charge is 0.416 e. The largest absolute Gasteiger partial charge is 0.497 e. The van der Waals surface area contributed by atoms with Gasteiger partial charge in [-0.3, -0.25) is 4.79 Å². The summed E-state index contributed by atoms with van der Waals surface area (Å²) in [6, 6.07) is 12.5. The van der Waals surface area contributed by atoms with Crippen LogP contribution in [0.25, 0.3) is 0 Å². The van der Waals surface area contributed by atoms with E-state index in [0.717, 1.165) is 29.0 Å². The first-order valence-electron chi connectivity index (χ1n) is 7.96. The second kappa shape index (κ2) is 6.78. The van der Waals surface area contributed by atoms with Gasteiger partial charge in [0.05, 0.1) is 12.7 Å². The van der Waals surface area contributed by atoms with E-state index in [-0.39, 0.29) is 17.7 Å². The van der Waals surface area contributed by atoms with Gasteiger partial charge in [-0.25, -0.2) is 0 Å². The zero-order valence-electron chi connectivity index (χ0n) is 13.6. The van der Waals surface area contributed by atoms with Crippen LogP contribution in [-0.4, -0.2) is 13.0 Å². The molecule has 0 heterocycles. The summed E-state index contributed by atoms with van der Waals surface area (Å²) in [7, 11) is 1.59. The van der Waals surface area contributed by atoms with E-state index in [4.69, 9.17) is 4.74 Å². The predicted octanol–water partition coefficient (Wildman–Crippen LogP) is 4.13. The fourth-order valence-corrected chi connectivity index (χ4v) is 2.84. The zero-order chi connectivity index (χ0) is 18.0. The highest BCUT2D eigenvalue weighted by molar-refractivity contribution is 5.82. The number of rotatable bonds is 5. The van der Waals surface area contributed by atoms with Crippen LogP contribution in [0.4, 0.5) is 13.2 Å². The molecular weight excluding hydrogens is 331 g/mol. The molecule has 1 amide bonds. The number of benzene rings is 2. The Morgan fingerprint density at radius 3 is 2.32 bits per heavy atom. The van der Waals surface area contributed by atoms with Gasteiger partial charge in [-0.05, 0) is 47.7 Å². The van der Waals surface area contributed by atoms with Gasteiger partial charge < -0.3 is 10.1 Å². The lowest BCUT2D eigenvalue weighted by Crippen LogP contribution is -2.24. The quantitative estimate of drug-likeness (QED) is 0.881. The summed E-state index contributed by atoms with van der Waals surface area (Å²) >= 11 is 0. The molecule has 0 radical (unpaired) electrons. The first-order chi connectivity index (χ1) is 11.9. The van der Waals surface area contributed by atoms with Crippen molar-refractivity contribution in [3.63, 3.8) is 0 Å². The van der Waals surface area contributed by atoms with Crippen LogP contribution in [0.15, 0.2) is 48.5 Å². The maximum atomic E-state index is 12.6. The average molecular weight is 349 g/mol. The topological polar surface area (TPSA) is 38.3 Å². The SMILES string of the molecule is COc1ccc(CNC(=O)C2CC2c2ccc(C(F)(F)F)cc2)cc1. The number of hydrogen-bond acceptors (Lipinski definition) is 2. The first-order valence-corrected chi connectivity index (χ1v) is 7.96. The van der Waals surface area contributed by atoms with E-state index < -0.39 is 11.7 Å². The van der Waals surface area contributed by atoms with Crippen molar-refractivity contribution in [2.75, 3.05) is 7.11 Å². The minimum Gasteiger partial charge on any atom is -0.497 e. The molecule has 0 aliphatic heterocycles. The second-order valence-electron chi connectivity index (χ2n) is 6.13. The number of ether oxygens (including phenoxy) is 1. The van der Waals surface area contributed by atoms with Crippen molar-refractivity contribution >= 4 is 5.91 Å². The Bertz CT molecular complexity index is 739. The van der Waals surface area contributed by atoms with Crippen molar-refractivity contribution in [3.05, 3.63) is 65.2 Å². The van der Waals surface area contributed by atoms with Crippen LogP contribution in [0.2, 0.25) is 0 Å². The summed E-state index contributed by atoms with van der Waals surface area (Å²) in [4.78, 5) is 12.2. The Labute approximate surface area is 143 Å². The zero-order valence-corrected chi connectivity index (χ0v) is 13.6. The van der Waals surface area contributed by atoms with Gasteiger partial charge in [-0.2, -0.15) is 13.2 Å². The number of hydrogen-bond donors (Lipinski definition) is 1. The Hall–Kier alpha value is -2.50. The maximum absolute atomic E-state index is 12.6. The molecule has 1 N–H and O–H groups in total. The Morgan fingerprint density at radius 1 is 1.12 bits per heavy atom. The maximum Gasteiger partial charge on any atom is 0.416 e. The lowest BCUT2D eigenvalue weighted by atomic mass is 10.1. The molecule has 132 valence electrons. The third-order valence-electron chi connectivity index (χ3n) is 4.42. The fraction of sp³-hybridized carbons (Fsp3) is 0.316. The molecule has 1 fully saturated rings. The van der Waals surface area contributed by atoms with Gasteiger partial charge in [-0.1, -0.05) is 24.3 Å². The summed E-state index contributed by atoms with van der Waals surface area (Å²) in [5, 5.41) is 2.87. The minimum absolute atomic E-state index is 0.00171. The summed E-state index contributed by atoms with van der Waals surface area (Å²) in [5.41, 5.74) is 1.07. The van der Waals surface area contributed by atoms with Crippen molar-refractivity contribution in [2.24, 2.45) is 5.92 Å². The van der Waals surface area contributed by atoms with E-state index in [0.29, 0.717) is 13.0 Å². The lowest BCUT2D eigenvalue weighted by molar-refractivity contribution is -0.137. The van der Waals surface area contributed by atoms with Crippen LogP contribution < -0.4 is 10.1 Å². The van der Waals surface area contributed by atoms with Crippen LogP contribution in [0.1, 0.15) is 29.0 Å². The van der Waals surface area contributed by atoms with Crippen LogP contribution >= 0.6 is 0 Å². The highest BCUT2D eigenvalue weighted by atomic mass is 19.4. The van der Waals surface area contributed by atoms with Crippen molar-refractivity contribution in [3.8, 4) is 5.75 Å². The highest BCUT2D eigenvalue weighted by Gasteiger charge is 2.44. The van der Waals surface area contributed by atoms with E-state index >= 15 is 0 Å². The molecule has 25 heavy (non-hydrogen) atoms. The third-order valence-corrected chi connectivity index (χ3v) is 4.42. The minimum atomic E-state index is -4.34. The van der Waals surface area contributed by atoms with E-state index in [9.17, 15) is 18.0 Å². The van der Waals surface area contributed by atoms with E-state index in [1.807, 2.05) is 24.3 Å². The van der Waals surface area contributed by atoms with Crippen LogP contribution in [-0.2, 0) is 17.5 Å². The predicted molar refractivity (Wildman–Crippen MR) is 87.1 cm³/mol. The van der Waals surface area contributed by atoms with Gasteiger partial charge >= 0.3 is 6.18 Å². The monoisotopic (exact) mass is 349 g/mol. The molecule has 3 rings (SSSR count). The van der Waals surface area contributed by atoms with Gasteiger partial charge in [0.1, 0.15) is 5.75 Å².